The van der Waals surface area contributed by atoms with Crippen LogP contribution in [0.1, 0.15) is 216 Å². The molecule has 0 aliphatic heterocycles. The van der Waals surface area contributed by atoms with Gasteiger partial charge < -0.3 is 29.5 Å². The van der Waals surface area contributed by atoms with Crippen molar-refractivity contribution in [3.63, 3.8) is 0 Å². The second-order valence-corrected chi connectivity index (χ2v) is 25.0. The lowest BCUT2D eigenvalue weighted by Gasteiger charge is -2.02. The first-order chi connectivity index (χ1) is 42.0. The molecular weight excluding hydrogens is 1390 g/mol. The molecule has 0 atom stereocenters. The summed E-state index contributed by atoms with van der Waals surface area (Å²) in [4.78, 5) is 76.5. The van der Waals surface area contributed by atoms with E-state index >= 15 is 0 Å². The van der Waals surface area contributed by atoms with Crippen LogP contribution in [0.25, 0.3) is 0 Å². The van der Waals surface area contributed by atoms with Crippen LogP contribution in [0.3, 0.4) is 0 Å². The maximum atomic E-state index is 13.0. The van der Waals surface area contributed by atoms with Crippen LogP contribution < -0.4 is 0 Å². The number of carbonyl (C=O) groups excluding carboxylic acids is 4. The lowest BCUT2D eigenvalue weighted by molar-refractivity contribution is 0.0511. The van der Waals surface area contributed by atoms with Crippen molar-refractivity contribution in [1.82, 2.24) is 68.5 Å². The van der Waals surface area contributed by atoms with Crippen molar-refractivity contribution in [3.8, 4) is 0 Å². The fourth-order valence-electron chi connectivity index (χ4n) is 8.13. The quantitative estimate of drug-likeness (QED) is 0.0299. The Kier molecular flexibility index (Phi) is 28.4. The third kappa shape index (κ3) is 21.2. The van der Waals surface area contributed by atoms with Gasteiger partial charge in [0, 0.05) is 39.2 Å². The second-order valence-electron chi connectivity index (χ2n) is 20.6. The molecule has 3 N–H and O–H groups in total. The van der Waals surface area contributed by atoms with Gasteiger partial charge in [0.05, 0.1) is 105 Å². The Hall–Kier alpha value is -7.72. The highest BCUT2D eigenvalue weighted by Gasteiger charge is 2.30. The van der Waals surface area contributed by atoms with Crippen molar-refractivity contribution < 1.29 is 71.9 Å². The fourth-order valence-corrected chi connectivity index (χ4v) is 8.13. The highest BCUT2D eigenvalue weighted by molar-refractivity contribution is 14.2. The molecule has 4 saturated carbocycles. The average Bonchev–Trinajstić information content (AvgIpc) is 3.73. The maximum Gasteiger partial charge on any atom is 0.344 e. The fraction of sp³-hybridized carbons (Fsp3) is 0.517. The summed E-state index contributed by atoms with van der Waals surface area (Å²) >= 11 is 4.55. The number of carboxylic acids is 3. The van der Waals surface area contributed by atoms with Crippen LogP contribution in [-0.2, 0) is 35.4 Å². The van der Waals surface area contributed by atoms with Gasteiger partial charge >= 0.3 is 35.8 Å². The van der Waals surface area contributed by atoms with Gasteiger partial charge in [-0.15, -0.1) is 10.2 Å². The normalized spacial score (nSPS) is 13.4. The molecule has 0 radical (unpaired) electrons. The van der Waals surface area contributed by atoms with Crippen molar-refractivity contribution in [3.05, 3.63) is 122 Å². The van der Waals surface area contributed by atoms with Crippen LogP contribution in [0.5, 0.6) is 0 Å². The van der Waals surface area contributed by atoms with Gasteiger partial charge in [-0.05, 0) is 128 Å². The molecule has 11 rings (SSSR count). The number of esters is 3. The zero-order valence-corrected chi connectivity index (χ0v) is 56.7. The number of halogens is 4. The molecular formula is C58H78F2I2N14O13. The first-order valence-electron chi connectivity index (χ1n) is 28.4. The highest BCUT2D eigenvalue weighted by Crippen LogP contribution is 2.37. The molecule has 7 aromatic heterocycles. The van der Waals surface area contributed by atoms with Crippen LogP contribution in [0.4, 0.5) is 8.78 Å². The van der Waals surface area contributed by atoms with E-state index in [0.29, 0.717) is 76.7 Å². The van der Waals surface area contributed by atoms with Gasteiger partial charge in [0.15, 0.2) is 5.78 Å². The van der Waals surface area contributed by atoms with E-state index in [4.69, 9.17) is 24.8 Å². The van der Waals surface area contributed by atoms with E-state index in [1.165, 1.54) is 63.8 Å². The second kappa shape index (κ2) is 34.3. The highest BCUT2D eigenvalue weighted by atomic mass is 127. The van der Waals surface area contributed by atoms with Gasteiger partial charge in [-0.25, -0.2) is 28.8 Å². The zero-order chi connectivity index (χ0) is 66.7. The van der Waals surface area contributed by atoms with Gasteiger partial charge in [0.1, 0.15) is 33.4 Å². The van der Waals surface area contributed by atoms with E-state index in [2.05, 4.69) is 85.6 Å². The third-order valence-electron chi connectivity index (χ3n) is 13.9. The van der Waals surface area contributed by atoms with E-state index in [1.807, 2.05) is 41.0 Å². The number of hydrogen-bond donors (Lipinski definition) is 3. The topological polar surface area (TPSA) is 333 Å². The number of aryl methyl sites for hydroxylation is 5. The van der Waals surface area contributed by atoms with Crippen molar-refractivity contribution in [2.75, 3.05) is 22.3 Å². The minimum absolute atomic E-state index is 0.0793. The lowest BCUT2D eigenvalue weighted by Crippen LogP contribution is -2.07. The summed E-state index contributed by atoms with van der Waals surface area (Å²) in [5.74, 6) is -5.90. The Bertz CT molecular complexity index is 3500. The summed E-state index contributed by atoms with van der Waals surface area (Å²) in [7, 11) is 4.85. The first-order valence-corrected chi connectivity index (χ1v) is 31.5. The Balaban J connectivity index is 0.000000220. The summed E-state index contributed by atoms with van der Waals surface area (Å²) in [6.45, 7) is 20.1. The SMILES string of the molecule is CC(=O)c1cn(C2CC2)nc1C.CCOC(=O)c1c(F)nn(C)c1C.CCOC(=O)c1cnn(C)c1C.CCOC(=O)c1cnn(C2CC2)c1C.Cc1c(C(=O)O)c(F)nn1C.Cc1c(C(=O)O)cnn1C1CC1.Cc1nn(C2CC2)cc1C(=O)O.ICI. The Morgan fingerprint density at radius 3 is 1.11 bits per heavy atom. The number of Topliss-reactive ketones (excluding diaryl/α,β-unsaturated/α-hetero) is 1. The summed E-state index contributed by atoms with van der Waals surface area (Å²) in [6, 6.07) is 1.99. The Labute approximate surface area is 540 Å². The van der Waals surface area contributed by atoms with E-state index in [-0.39, 0.29) is 35.5 Å². The van der Waals surface area contributed by atoms with Gasteiger partial charge in [-0.1, -0.05) is 45.2 Å². The summed E-state index contributed by atoms with van der Waals surface area (Å²) < 4.78 is 52.8. The molecule has 7 aromatic rings. The number of carboxylic acid groups (broad SMARTS) is 3. The molecule has 4 aliphatic carbocycles. The largest absolute Gasteiger partial charge is 0.478 e. The molecule has 486 valence electrons. The van der Waals surface area contributed by atoms with Gasteiger partial charge in [-0.3, -0.25) is 37.6 Å². The number of aromatic carboxylic acids is 3. The van der Waals surface area contributed by atoms with E-state index in [1.54, 1.807) is 84.3 Å². The zero-order valence-electron chi connectivity index (χ0n) is 52.4. The molecule has 0 saturated heterocycles. The van der Waals surface area contributed by atoms with Crippen LogP contribution in [0.2, 0.25) is 0 Å². The van der Waals surface area contributed by atoms with E-state index in [0.717, 1.165) is 54.0 Å². The number of alkyl halides is 2. The molecule has 4 fully saturated rings. The van der Waals surface area contributed by atoms with Gasteiger partial charge in [-0.2, -0.15) is 34.3 Å². The predicted octanol–water partition coefficient (Wildman–Crippen LogP) is 10.2. The molecule has 7 heterocycles. The molecule has 31 heteroatoms. The van der Waals surface area contributed by atoms with E-state index < -0.39 is 35.8 Å². The summed E-state index contributed by atoms with van der Waals surface area (Å²) in [6.07, 6.45) is 17.3. The van der Waals surface area contributed by atoms with Crippen LogP contribution in [0, 0.1) is 60.4 Å². The first kappa shape index (κ1) is 73.7. The number of ether oxygens (including phenoxy) is 3. The van der Waals surface area contributed by atoms with Crippen LogP contribution in [0.15, 0.2) is 31.0 Å². The van der Waals surface area contributed by atoms with Crippen LogP contribution in [-0.4, -0.2) is 148 Å². The summed E-state index contributed by atoms with van der Waals surface area (Å²) in [5, 5.41) is 53.3. The number of nitrogens with zero attached hydrogens (tertiary/aromatic N) is 14. The number of hydrogen-bond acceptors (Lipinski definition) is 17. The van der Waals surface area contributed by atoms with Crippen molar-refractivity contribution in [2.45, 2.75) is 152 Å². The van der Waals surface area contributed by atoms with Crippen molar-refractivity contribution >= 4 is 86.8 Å². The van der Waals surface area contributed by atoms with E-state index in [9.17, 15) is 42.3 Å². The van der Waals surface area contributed by atoms with Gasteiger partial charge in [0.25, 0.3) is 0 Å². The predicted molar refractivity (Wildman–Crippen MR) is 336 cm³/mol. The van der Waals surface area contributed by atoms with Crippen molar-refractivity contribution in [2.24, 2.45) is 21.1 Å². The number of aromatic nitrogens is 14. The lowest BCUT2D eigenvalue weighted by atomic mass is 10.2. The molecule has 4 aliphatic rings. The number of carbonyl (C=O) groups is 7. The molecule has 0 bridgehead atoms. The molecule has 89 heavy (non-hydrogen) atoms. The minimum atomic E-state index is -1.28. The smallest absolute Gasteiger partial charge is 0.344 e. The minimum Gasteiger partial charge on any atom is -0.478 e. The van der Waals surface area contributed by atoms with Crippen molar-refractivity contribution in [1.29, 1.82) is 0 Å². The summed E-state index contributed by atoms with van der Waals surface area (Å²) in [5.41, 5.74) is 6.87. The van der Waals surface area contributed by atoms with Gasteiger partial charge in [0.2, 0.25) is 11.9 Å². The number of rotatable bonds is 14. The molecule has 27 nitrogen and oxygen atoms in total. The number of ketones is 1. The third-order valence-corrected chi connectivity index (χ3v) is 13.9. The maximum absolute atomic E-state index is 13.0. The molecule has 0 amide bonds. The molecule has 0 unspecified atom stereocenters. The standard InChI is InChI=1S/C10H14N2O2.C9H12N2O.C8H11FN2O2.2C8H10N2O2.C8H12N2O2.C6H7FN2O2.CH2I2/c1-3-14-10(13)9-6-11-12(7(9)2)8-4-5-8;1-6-9(7(2)12)5-11(10-6)8-3-4-8;1-4-13-8(12)6-5(2)11(3)10-7(6)9;1-5-7(8(11)12)4-10(9-5)6-2-3-6;1-5-7(8(11)12)4-9-10(5)6-2-3-6;1-4-12-8(11)7-5-9-10(3)6(7)2;1-3-4(6(10)11)5(7)8-9(3)2;2-1-3/h6,8H,3-5H2,1-2H3;5,8H,3-4H2,1-2H3;4H2,1-3H3;2*4,6H,2-3H2,1H3,(H,11,12);5H,4H2,1-3H3;1-2H3,(H,10,11);1H2. The monoisotopic (exact) mass is 1470 g/mol. The molecule has 0 aromatic carbocycles. The average molecular weight is 1470 g/mol. The Morgan fingerprint density at radius 2 is 0.820 bits per heavy atom. The molecule has 0 spiro atoms. The van der Waals surface area contributed by atoms with Crippen LogP contribution >= 0.6 is 45.2 Å². The Morgan fingerprint density at radius 1 is 0.472 bits per heavy atom.